The maximum absolute atomic E-state index is 13.1. The van der Waals surface area contributed by atoms with Crippen LogP contribution in [0.2, 0.25) is 0 Å². The lowest BCUT2D eigenvalue weighted by atomic mass is 10.0. The lowest BCUT2D eigenvalue weighted by Crippen LogP contribution is -2.30. The van der Waals surface area contributed by atoms with E-state index in [4.69, 9.17) is 37.0 Å². The second kappa shape index (κ2) is 75.3. The first kappa shape index (κ1) is 98.1. The van der Waals surface area contributed by atoms with Crippen LogP contribution in [0.3, 0.4) is 0 Å². The van der Waals surface area contributed by atoms with Crippen LogP contribution in [0.5, 0.6) is 0 Å². The van der Waals surface area contributed by atoms with E-state index in [0.717, 1.165) is 89.9 Å². The van der Waals surface area contributed by atoms with Gasteiger partial charge in [-0.3, -0.25) is 37.3 Å². The molecule has 2 unspecified atom stereocenters. The number of carbonyl (C=O) groups is 4. The summed E-state index contributed by atoms with van der Waals surface area (Å²) in [4.78, 5) is 73.1. The largest absolute Gasteiger partial charge is 0.472 e. The number of ether oxygens (including phenoxy) is 4. The molecule has 0 aromatic rings. The number of carbonyl (C=O) groups excluding carboxylic acids is 4. The van der Waals surface area contributed by atoms with Gasteiger partial charge < -0.3 is 33.8 Å². The van der Waals surface area contributed by atoms with Gasteiger partial charge >= 0.3 is 39.5 Å². The van der Waals surface area contributed by atoms with Gasteiger partial charge in [0.25, 0.3) is 0 Å². The van der Waals surface area contributed by atoms with Crippen LogP contribution < -0.4 is 0 Å². The van der Waals surface area contributed by atoms with Crippen molar-refractivity contribution in [2.75, 3.05) is 39.6 Å². The van der Waals surface area contributed by atoms with Crippen LogP contribution in [0.4, 0.5) is 0 Å². The number of aliphatic hydroxyl groups excluding tert-OH is 1. The highest BCUT2D eigenvalue weighted by Crippen LogP contribution is 2.45. The highest BCUT2D eigenvalue weighted by Gasteiger charge is 2.30. The Hall–Kier alpha value is -1.94. The second-order valence-electron chi connectivity index (χ2n) is 29.2. The van der Waals surface area contributed by atoms with Crippen molar-refractivity contribution in [2.45, 2.75) is 457 Å². The summed E-state index contributed by atoms with van der Waals surface area (Å²) < 4.78 is 68.8. The molecule has 0 aliphatic carbocycles. The Labute approximate surface area is 613 Å². The van der Waals surface area contributed by atoms with E-state index in [0.29, 0.717) is 25.7 Å². The molecule has 0 saturated carbocycles. The highest BCUT2D eigenvalue weighted by atomic mass is 31.2. The molecule has 17 nitrogen and oxygen atoms in total. The second-order valence-corrected chi connectivity index (χ2v) is 32.1. The van der Waals surface area contributed by atoms with Crippen LogP contribution in [-0.2, 0) is 65.4 Å². The lowest BCUT2D eigenvalue weighted by molar-refractivity contribution is -0.161. The SMILES string of the molecule is CCCCCCCCCCCCCCCCCCCC(=O)O[C@H](COC(=O)CCCCCCCCCCCCCCC)COP(=O)(O)OC[C@@H](O)COP(=O)(O)OC[C@@H](COC(=O)CCCCCCCCCCCCCCCCC)OC(=O)CCCCCCCCCCCCCCCCC. The van der Waals surface area contributed by atoms with Gasteiger partial charge in [-0.1, -0.05) is 387 Å². The molecule has 0 aliphatic rings. The zero-order chi connectivity index (χ0) is 73.2. The molecule has 19 heteroatoms. The van der Waals surface area contributed by atoms with Crippen LogP contribution in [0, 0.1) is 0 Å². The average Bonchev–Trinajstić information content (AvgIpc) is 1.13. The van der Waals surface area contributed by atoms with Gasteiger partial charge in [0.2, 0.25) is 0 Å². The summed E-state index contributed by atoms with van der Waals surface area (Å²) in [5.41, 5.74) is 0. The first-order chi connectivity index (χ1) is 48.7. The Bertz CT molecular complexity index is 1890. The quantitative estimate of drug-likeness (QED) is 0.0222. The first-order valence-corrected chi connectivity index (χ1v) is 45.3. The van der Waals surface area contributed by atoms with Gasteiger partial charge in [-0.05, 0) is 25.7 Å². The molecule has 0 radical (unpaired) electrons. The predicted molar refractivity (Wildman–Crippen MR) is 409 cm³/mol. The number of rotatable bonds is 82. The summed E-state index contributed by atoms with van der Waals surface area (Å²) in [5.74, 6) is -2.10. The monoisotopic (exact) mass is 1470 g/mol. The van der Waals surface area contributed by atoms with Gasteiger partial charge in [-0.2, -0.15) is 0 Å². The first-order valence-electron chi connectivity index (χ1n) is 42.3. The summed E-state index contributed by atoms with van der Waals surface area (Å²) in [5, 5.41) is 10.7. The predicted octanol–water partition coefficient (Wildman–Crippen LogP) is 24.6. The van der Waals surface area contributed by atoms with Gasteiger partial charge in [0.05, 0.1) is 26.4 Å². The van der Waals surface area contributed by atoms with Gasteiger partial charge in [0, 0.05) is 25.7 Å². The number of unbranched alkanes of at least 4 members (excludes halogenated alkanes) is 56. The van der Waals surface area contributed by atoms with Gasteiger partial charge in [0.15, 0.2) is 12.2 Å². The van der Waals surface area contributed by atoms with E-state index in [9.17, 15) is 43.2 Å². The van der Waals surface area contributed by atoms with Gasteiger partial charge in [-0.15, -0.1) is 0 Å². The Morgan fingerprint density at radius 3 is 0.590 bits per heavy atom. The lowest BCUT2D eigenvalue weighted by Gasteiger charge is -2.21. The molecule has 3 N–H and O–H groups in total. The molecule has 0 aromatic carbocycles. The molecular formula is C81H158O17P2. The van der Waals surface area contributed by atoms with E-state index in [1.807, 2.05) is 0 Å². The van der Waals surface area contributed by atoms with Crippen LogP contribution in [0.15, 0.2) is 0 Å². The van der Waals surface area contributed by atoms with Crippen LogP contribution in [-0.4, -0.2) is 96.7 Å². The number of hydrogen-bond acceptors (Lipinski definition) is 15. The number of hydrogen-bond donors (Lipinski definition) is 3. The van der Waals surface area contributed by atoms with Crippen LogP contribution in [0.25, 0.3) is 0 Å². The topological polar surface area (TPSA) is 237 Å². The fourth-order valence-corrected chi connectivity index (χ4v) is 14.2. The fraction of sp³-hybridized carbons (Fsp3) is 0.951. The fourth-order valence-electron chi connectivity index (χ4n) is 12.6. The molecule has 0 aliphatic heterocycles. The van der Waals surface area contributed by atoms with Crippen molar-refractivity contribution in [1.29, 1.82) is 0 Å². The van der Waals surface area contributed by atoms with Crippen molar-refractivity contribution in [3.63, 3.8) is 0 Å². The number of phosphoric acid groups is 2. The Morgan fingerprint density at radius 2 is 0.400 bits per heavy atom. The van der Waals surface area contributed by atoms with E-state index in [-0.39, 0.29) is 25.7 Å². The molecule has 100 heavy (non-hydrogen) atoms. The third kappa shape index (κ3) is 74.3. The van der Waals surface area contributed by atoms with Crippen molar-refractivity contribution in [3.8, 4) is 0 Å². The van der Waals surface area contributed by atoms with E-state index in [2.05, 4.69) is 27.7 Å². The van der Waals surface area contributed by atoms with E-state index < -0.39 is 97.5 Å². The molecule has 0 spiro atoms. The zero-order valence-electron chi connectivity index (χ0n) is 65.2. The summed E-state index contributed by atoms with van der Waals surface area (Å²) in [6.45, 7) is 5.04. The third-order valence-corrected chi connectivity index (χ3v) is 21.0. The Kier molecular flexibility index (Phi) is 73.8. The summed E-state index contributed by atoms with van der Waals surface area (Å²) in [6, 6.07) is 0. The normalized spacial score (nSPS) is 13.8. The van der Waals surface area contributed by atoms with E-state index in [1.165, 1.54) is 270 Å². The standard InChI is InChI=1S/C81H158O17P2/c1-5-9-13-17-21-25-29-33-36-37-40-44-48-52-56-60-64-68-81(86)98-76(71-91-78(83)65-61-57-53-49-45-41-32-28-24-20-16-12-8-4)73-95-99(87,88)93-69-75(82)70-94-100(89,90)96-74-77(97-80(85)67-63-59-55-51-47-43-39-35-31-27-23-19-15-11-7-3)72-92-79(84)66-62-58-54-50-46-42-38-34-30-26-22-18-14-10-6-2/h75-77,82H,5-74H2,1-4H3,(H,87,88)(H,89,90)/t75-,76-,77-/m1/s1. The van der Waals surface area contributed by atoms with Crippen molar-refractivity contribution in [3.05, 3.63) is 0 Å². The molecule has 0 bridgehead atoms. The van der Waals surface area contributed by atoms with E-state index >= 15 is 0 Å². The van der Waals surface area contributed by atoms with Gasteiger partial charge in [0.1, 0.15) is 19.3 Å². The van der Waals surface area contributed by atoms with Gasteiger partial charge in [-0.25, -0.2) is 9.13 Å². The maximum Gasteiger partial charge on any atom is 0.472 e. The minimum absolute atomic E-state index is 0.109. The molecule has 594 valence electrons. The minimum atomic E-state index is -4.96. The number of phosphoric ester groups is 2. The molecule has 0 amide bonds. The average molecular weight is 1470 g/mol. The maximum atomic E-state index is 13.1. The Balaban J connectivity index is 5.26. The third-order valence-electron chi connectivity index (χ3n) is 19.1. The molecular weight excluding hydrogens is 1310 g/mol. The molecule has 0 heterocycles. The smallest absolute Gasteiger partial charge is 0.462 e. The summed E-state index contributed by atoms with van der Waals surface area (Å²) in [7, 11) is -9.92. The Morgan fingerprint density at radius 1 is 0.240 bits per heavy atom. The molecule has 0 fully saturated rings. The molecule has 0 aromatic heterocycles. The molecule has 0 rings (SSSR count). The summed E-state index contributed by atoms with van der Waals surface area (Å²) >= 11 is 0. The molecule has 5 atom stereocenters. The van der Waals surface area contributed by atoms with Crippen molar-refractivity contribution in [1.82, 2.24) is 0 Å². The molecule has 0 saturated heterocycles. The van der Waals surface area contributed by atoms with Crippen LogP contribution >= 0.6 is 15.6 Å². The summed E-state index contributed by atoms with van der Waals surface area (Å²) in [6.07, 6.45) is 67.7. The van der Waals surface area contributed by atoms with Crippen molar-refractivity contribution >= 4 is 39.5 Å². The number of esters is 4. The van der Waals surface area contributed by atoms with Crippen molar-refractivity contribution in [2.24, 2.45) is 0 Å². The van der Waals surface area contributed by atoms with E-state index in [1.54, 1.807) is 0 Å². The highest BCUT2D eigenvalue weighted by molar-refractivity contribution is 7.47. The zero-order valence-corrected chi connectivity index (χ0v) is 67.0. The van der Waals surface area contributed by atoms with Crippen LogP contribution in [0.1, 0.15) is 439 Å². The number of aliphatic hydroxyl groups is 1. The van der Waals surface area contributed by atoms with Crippen molar-refractivity contribution < 1.29 is 80.2 Å². The minimum Gasteiger partial charge on any atom is -0.462 e.